The summed E-state index contributed by atoms with van der Waals surface area (Å²) in [6.45, 7) is 2.02. The normalized spacial score (nSPS) is 33.5. The fraction of sp³-hybridized carbons (Fsp3) is 1.00. The van der Waals surface area contributed by atoms with Crippen molar-refractivity contribution in [3.63, 3.8) is 0 Å². The third-order valence-corrected chi connectivity index (χ3v) is 3.27. The van der Waals surface area contributed by atoms with Crippen molar-refractivity contribution in [2.24, 2.45) is 5.73 Å². The van der Waals surface area contributed by atoms with Gasteiger partial charge in [0.15, 0.2) is 0 Å². The van der Waals surface area contributed by atoms with Crippen molar-refractivity contribution in [3.05, 3.63) is 0 Å². The maximum absolute atomic E-state index is 10.9. The van der Waals surface area contributed by atoms with Crippen LogP contribution in [0.3, 0.4) is 0 Å². The molecular weight excluding hydrogens is 224 g/mol. The number of sulfonamides is 1. The molecule has 1 saturated carbocycles. The molecule has 14 heavy (non-hydrogen) atoms. The summed E-state index contributed by atoms with van der Waals surface area (Å²) in [5, 5.41) is 0. The molecule has 0 aliphatic heterocycles. The Hall–Kier alpha value is 0.160. The fourth-order valence-corrected chi connectivity index (χ4v) is 2.54. The Morgan fingerprint density at radius 1 is 1.36 bits per heavy atom. The Morgan fingerprint density at radius 3 is 2.14 bits per heavy atom. The summed E-state index contributed by atoms with van der Waals surface area (Å²) in [7, 11) is -3.05. The van der Waals surface area contributed by atoms with E-state index in [0.717, 1.165) is 25.7 Å². The maximum atomic E-state index is 10.9. The Bertz CT molecular complexity index is 267. The number of nitrogens with one attached hydrogen (secondary N) is 1. The predicted octanol–water partition coefficient (Wildman–Crippen LogP) is 0.617. The molecule has 0 bridgehead atoms. The summed E-state index contributed by atoms with van der Waals surface area (Å²) in [5.41, 5.74) is 5.83. The summed E-state index contributed by atoms with van der Waals surface area (Å²) in [6, 6.07) is 0.0895. The van der Waals surface area contributed by atoms with Crippen molar-refractivity contribution in [2.45, 2.75) is 44.2 Å². The lowest BCUT2D eigenvalue weighted by Crippen LogP contribution is -2.46. The lowest BCUT2D eigenvalue weighted by molar-refractivity contribution is 0.285. The average molecular weight is 243 g/mol. The van der Waals surface area contributed by atoms with Crippen LogP contribution in [0, 0.1) is 0 Å². The molecule has 1 fully saturated rings. The molecule has 0 aromatic rings. The van der Waals surface area contributed by atoms with Gasteiger partial charge in [0.1, 0.15) is 0 Å². The monoisotopic (exact) mass is 242 g/mol. The third-order valence-electron chi connectivity index (χ3n) is 2.51. The standard InChI is InChI=1S/C8H18N2O2S.ClH/c1-8(9)5-3-7(4-6-8)10-13(2,11)12;/h7,10H,3-6,9H2,1-2H3;1H. The molecule has 4 nitrogen and oxygen atoms in total. The molecule has 1 aliphatic carbocycles. The van der Waals surface area contributed by atoms with E-state index in [0.29, 0.717) is 0 Å². The summed E-state index contributed by atoms with van der Waals surface area (Å²) in [6.07, 6.45) is 4.67. The Balaban J connectivity index is 0.00000169. The minimum Gasteiger partial charge on any atom is -0.325 e. The highest BCUT2D eigenvalue weighted by Crippen LogP contribution is 2.25. The number of hydrogen-bond acceptors (Lipinski definition) is 3. The Kier molecular flexibility index (Phi) is 4.84. The molecule has 0 radical (unpaired) electrons. The van der Waals surface area contributed by atoms with Gasteiger partial charge in [-0.3, -0.25) is 0 Å². The van der Waals surface area contributed by atoms with E-state index in [2.05, 4.69) is 4.72 Å². The first-order chi connectivity index (χ1) is 5.79. The van der Waals surface area contributed by atoms with E-state index in [1.165, 1.54) is 6.26 Å². The smallest absolute Gasteiger partial charge is 0.208 e. The van der Waals surface area contributed by atoms with Crippen molar-refractivity contribution in [2.75, 3.05) is 6.26 Å². The summed E-state index contributed by atoms with van der Waals surface area (Å²) in [5.74, 6) is 0. The Labute approximate surface area is 92.1 Å². The minimum atomic E-state index is -3.05. The van der Waals surface area contributed by atoms with Crippen molar-refractivity contribution in [3.8, 4) is 0 Å². The second-order valence-electron chi connectivity index (χ2n) is 4.32. The van der Waals surface area contributed by atoms with Gasteiger partial charge in [0.05, 0.1) is 6.26 Å². The van der Waals surface area contributed by atoms with Gasteiger partial charge in [-0.25, -0.2) is 13.1 Å². The zero-order chi connectivity index (χ0) is 10.1. The molecule has 0 heterocycles. The first-order valence-corrected chi connectivity index (χ1v) is 6.44. The fourth-order valence-electron chi connectivity index (χ4n) is 1.70. The molecule has 86 valence electrons. The quantitative estimate of drug-likeness (QED) is 0.746. The van der Waals surface area contributed by atoms with Crippen LogP contribution in [0.15, 0.2) is 0 Å². The first-order valence-electron chi connectivity index (χ1n) is 4.55. The van der Waals surface area contributed by atoms with E-state index in [1.807, 2.05) is 6.92 Å². The Morgan fingerprint density at radius 2 is 1.79 bits per heavy atom. The lowest BCUT2D eigenvalue weighted by atomic mass is 9.82. The average Bonchev–Trinajstić information content (AvgIpc) is 1.91. The van der Waals surface area contributed by atoms with Crippen molar-refractivity contribution >= 4 is 22.4 Å². The molecule has 0 spiro atoms. The zero-order valence-electron chi connectivity index (χ0n) is 8.62. The van der Waals surface area contributed by atoms with Crippen LogP contribution in [-0.4, -0.2) is 26.3 Å². The van der Waals surface area contributed by atoms with Crippen LogP contribution in [0.4, 0.5) is 0 Å². The minimum absolute atomic E-state index is 0. The first kappa shape index (κ1) is 14.2. The van der Waals surface area contributed by atoms with Crippen LogP contribution in [-0.2, 0) is 10.0 Å². The van der Waals surface area contributed by atoms with Crippen LogP contribution in [0.1, 0.15) is 32.6 Å². The van der Waals surface area contributed by atoms with Gasteiger partial charge in [-0.15, -0.1) is 12.4 Å². The highest BCUT2D eigenvalue weighted by molar-refractivity contribution is 7.88. The molecule has 6 heteroatoms. The summed E-state index contributed by atoms with van der Waals surface area (Å²) >= 11 is 0. The summed E-state index contributed by atoms with van der Waals surface area (Å²) in [4.78, 5) is 0. The lowest BCUT2D eigenvalue weighted by Gasteiger charge is -2.33. The second-order valence-corrected chi connectivity index (χ2v) is 6.10. The van der Waals surface area contributed by atoms with Gasteiger partial charge in [-0.2, -0.15) is 0 Å². The van der Waals surface area contributed by atoms with E-state index in [-0.39, 0.29) is 24.0 Å². The van der Waals surface area contributed by atoms with E-state index < -0.39 is 10.0 Å². The van der Waals surface area contributed by atoms with Crippen LogP contribution < -0.4 is 10.5 Å². The van der Waals surface area contributed by atoms with Gasteiger partial charge < -0.3 is 5.73 Å². The molecule has 1 aliphatic rings. The molecule has 0 aromatic carbocycles. The van der Waals surface area contributed by atoms with E-state index >= 15 is 0 Å². The van der Waals surface area contributed by atoms with Gasteiger partial charge in [-0.05, 0) is 32.6 Å². The van der Waals surface area contributed by atoms with Crippen LogP contribution in [0.25, 0.3) is 0 Å². The molecule has 1 rings (SSSR count). The van der Waals surface area contributed by atoms with E-state index in [9.17, 15) is 8.42 Å². The van der Waals surface area contributed by atoms with E-state index in [1.54, 1.807) is 0 Å². The maximum Gasteiger partial charge on any atom is 0.208 e. The third kappa shape index (κ3) is 5.14. The van der Waals surface area contributed by atoms with Crippen molar-refractivity contribution < 1.29 is 8.42 Å². The van der Waals surface area contributed by atoms with Gasteiger partial charge in [0.2, 0.25) is 10.0 Å². The van der Waals surface area contributed by atoms with Gasteiger partial charge in [-0.1, -0.05) is 0 Å². The zero-order valence-corrected chi connectivity index (χ0v) is 10.2. The highest BCUT2D eigenvalue weighted by Gasteiger charge is 2.28. The van der Waals surface area contributed by atoms with Crippen LogP contribution in [0.2, 0.25) is 0 Å². The van der Waals surface area contributed by atoms with Crippen molar-refractivity contribution in [1.82, 2.24) is 4.72 Å². The molecule has 0 atom stereocenters. The number of hydrogen-bond donors (Lipinski definition) is 2. The van der Waals surface area contributed by atoms with Crippen LogP contribution >= 0.6 is 12.4 Å². The highest BCUT2D eigenvalue weighted by atomic mass is 35.5. The largest absolute Gasteiger partial charge is 0.325 e. The molecule has 0 amide bonds. The number of halogens is 1. The summed E-state index contributed by atoms with van der Waals surface area (Å²) < 4.78 is 24.4. The van der Waals surface area contributed by atoms with Gasteiger partial charge in [0, 0.05) is 11.6 Å². The van der Waals surface area contributed by atoms with Crippen LogP contribution in [0.5, 0.6) is 0 Å². The SMILES string of the molecule is CC1(N)CCC(NS(C)(=O)=O)CC1.Cl. The van der Waals surface area contributed by atoms with Gasteiger partial charge >= 0.3 is 0 Å². The number of rotatable bonds is 2. The second kappa shape index (κ2) is 4.79. The molecule has 0 saturated heterocycles. The molecule has 0 unspecified atom stereocenters. The number of nitrogens with two attached hydrogens (primary N) is 1. The van der Waals surface area contributed by atoms with E-state index in [4.69, 9.17) is 5.73 Å². The topological polar surface area (TPSA) is 72.2 Å². The molecule has 0 aromatic heterocycles. The predicted molar refractivity (Wildman–Crippen MR) is 60.1 cm³/mol. The van der Waals surface area contributed by atoms with Crippen molar-refractivity contribution in [1.29, 1.82) is 0 Å². The van der Waals surface area contributed by atoms with Gasteiger partial charge in [0.25, 0.3) is 0 Å². The molecular formula is C8H19ClN2O2S. The molecule has 3 N–H and O–H groups in total.